The lowest BCUT2D eigenvalue weighted by molar-refractivity contribution is -0.137. The standard InChI is InChI=1S/C36H64N7O17P3S/c1-4-5-6-7-8-9-10-11-12-13-14-15-25(44)21-64-19-18-38-27(45)16-17-39-34(48)31(47)36(2,3)22-57-63(54,55)60-62(52,53)56-20-26-30(59-61(49,50)51)29(46)35(58-26)43-24-42-28-32(37)40-23-41-33(28)43/h23-24,26,29-31,35,46-47H,4-22H2,1-3H3,(H,38,45)(H,39,48)(H,52,53)(H,54,55)(H2,37,40,41)(H2,49,50,51)/t26-,29-,30-,31+,35-/m1/s1. The highest BCUT2D eigenvalue weighted by Gasteiger charge is 2.50. The van der Waals surface area contributed by atoms with Crippen LogP contribution in [0.2, 0.25) is 0 Å². The van der Waals surface area contributed by atoms with Gasteiger partial charge in [0, 0.05) is 37.1 Å². The molecule has 64 heavy (non-hydrogen) atoms. The van der Waals surface area contributed by atoms with Crippen molar-refractivity contribution in [2.45, 2.75) is 135 Å². The highest BCUT2D eigenvalue weighted by atomic mass is 32.2. The van der Waals surface area contributed by atoms with E-state index in [0.717, 1.165) is 36.5 Å². The summed E-state index contributed by atoms with van der Waals surface area (Å²) in [4.78, 5) is 88.2. The highest BCUT2D eigenvalue weighted by Crippen LogP contribution is 2.61. The molecule has 28 heteroatoms. The zero-order chi connectivity index (χ0) is 47.6. The van der Waals surface area contributed by atoms with Crippen LogP contribution in [0.3, 0.4) is 0 Å². The molecule has 2 unspecified atom stereocenters. The van der Waals surface area contributed by atoms with Crippen LogP contribution in [0.15, 0.2) is 12.7 Å². The summed E-state index contributed by atoms with van der Waals surface area (Å²) in [7, 11) is -16.4. The number of aliphatic hydroxyl groups excluding tert-OH is 2. The third kappa shape index (κ3) is 19.8. The van der Waals surface area contributed by atoms with Crippen LogP contribution in [0.1, 0.15) is 110 Å². The average molecular weight is 992 g/mol. The quantitative estimate of drug-likeness (QED) is 0.0365. The molecule has 0 aromatic carbocycles. The molecule has 0 saturated carbocycles. The number of aromatic nitrogens is 4. The van der Waals surface area contributed by atoms with Crippen LogP contribution in [0.4, 0.5) is 5.82 Å². The number of anilines is 1. The number of ketones is 1. The number of nitrogen functional groups attached to an aromatic ring is 1. The van der Waals surface area contributed by atoms with Crippen LogP contribution < -0.4 is 16.4 Å². The molecule has 2 aromatic rings. The van der Waals surface area contributed by atoms with Crippen molar-refractivity contribution >= 4 is 69.8 Å². The monoisotopic (exact) mass is 991 g/mol. The van der Waals surface area contributed by atoms with Crippen molar-refractivity contribution in [1.82, 2.24) is 30.2 Å². The zero-order valence-corrected chi connectivity index (χ0v) is 39.8. The van der Waals surface area contributed by atoms with E-state index in [2.05, 4.69) is 41.3 Å². The van der Waals surface area contributed by atoms with Gasteiger partial charge in [0.25, 0.3) is 0 Å². The molecule has 1 aliphatic heterocycles. The SMILES string of the molecule is CCCCCCCCCCCCCC(=O)CSCCNC(=O)CCNC(=O)[C@H](O)C(C)(C)COP(=O)(O)OP(=O)(O)OC[C@H]1O[C@@H](n2cnc3c(N)ncnc32)[C@H](O)[C@@H]1OP(=O)(O)O. The van der Waals surface area contributed by atoms with E-state index in [1.54, 1.807) is 0 Å². The van der Waals surface area contributed by atoms with E-state index in [1.165, 1.54) is 77.0 Å². The lowest BCUT2D eigenvalue weighted by Gasteiger charge is -2.30. The maximum atomic E-state index is 12.7. The summed E-state index contributed by atoms with van der Waals surface area (Å²) in [6, 6.07) is 0. The van der Waals surface area contributed by atoms with Crippen LogP contribution >= 0.6 is 35.2 Å². The predicted octanol–water partition coefficient (Wildman–Crippen LogP) is 3.41. The third-order valence-corrected chi connectivity index (χ3v) is 14.1. The van der Waals surface area contributed by atoms with E-state index in [-0.39, 0.29) is 41.6 Å². The number of phosphoric ester groups is 3. The lowest BCUT2D eigenvalue weighted by atomic mass is 9.87. The third-order valence-electron chi connectivity index (χ3n) is 9.97. The summed E-state index contributed by atoms with van der Waals surface area (Å²) in [6.07, 6.45) is 7.05. The van der Waals surface area contributed by atoms with Gasteiger partial charge in [0.15, 0.2) is 17.7 Å². The van der Waals surface area contributed by atoms with E-state index in [0.29, 0.717) is 24.5 Å². The Morgan fingerprint density at radius 2 is 1.53 bits per heavy atom. The van der Waals surface area contributed by atoms with Crippen LogP contribution in [0.25, 0.3) is 11.2 Å². The van der Waals surface area contributed by atoms with Crippen LogP contribution in [-0.4, -0.2) is 129 Å². The first-order valence-corrected chi connectivity index (χ1v) is 26.7. The van der Waals surface area contributed by atoms with Crippen molar-refractivity contribution < 1.29 is 80.5 Å². The van der Waals surface area contributed by atoms with E-state index in [1.807, 2.05) is 0 Å². The number of hydrogen-bond acceptors (Lipinski definition) is 18. The normalized spacial score (nSPS) is 20.5. The number of fused-ring (bicyclic) bond motifs is 1. The number of carbonyl (C=O) groups excluding carboxylic acids is 3. The largest absolute Gasteiger partial charge is 0.481 e. The van der Waals surface area contributed by atoms with Crippen molar-refractivity contribution in [2.75, 3.05) is 43.5 Å². The van der Waals surface area contributed by atoms with Crippen molar-refractivity contribution in [1.29, 1.82) is 0 Å². The second-order valence-electron chi connectivity index (χ2n) is 15.9. The minimum absolute atomic E-state index is 0.0343. The molecule has 2 aromatic heterocycles. The number of hydrogen-bond donors (Lipinski definition) is 9. The van der Waals surface area contributed by atoms with Crippen LogP contribution in [-0.2, 0) is 50.7 Å². The number of Topliss-reactive ketones (excluding diaryl/α,β-unsaturated/α-hetero) is 1. The minimum atomic E-state index is -5.57. The molecule has 1 saturated heterocycles. The fraction of sp³-hybridized carbons (Fsp3) is 0.778. The number of carbonyl (C=O) groups is 3. The Bertz CT molecular complexity index is 1940. The Morgan fingerprint density at radius 1 is 0.906 bits per heavy atom. The molecule has 366 valence electrons. The smallest absolute Gasteiger partial charge is 0.386 e. The van der Waals surface area contributed by atoms with E-state index in [4.69, 9.17) is 19.5 Å². The maximum Gasteiger partial charge on any atom is 0.481 e. The molecule has 1 fully saturated rings. The number of ether oxygens (including phenoxy) is 1. The molecule has 0 spiro atoms. The summed E-state index contributed by atoms with van der Waals surface area (Å²) in [5, 5.41) is 26.6. The Labute approximate surface area is 376 Å². The Hall–Kier alpha value is -2.44. The van der Waals surface area contributed by atoms with Crippen molar-refractivity contribution in [2.24, 2.45) is 5.41 Å². The number of rotatable bonds is 33. The topological polar surface area (TPSA) is 364 Å². The Balaban J connectivity index is 1.34. The second kappa shape index (κ2) is 26.8. The summed E-state index contributed by atoms with van der Waals surface area (Å²) in [5.41, 5.74) is 4.29. The number of thioether (sulfide) groups is 1. The number of unbranched alkanes of at least 4 members (excludes halogenated alkanes) is 10. The van der Waals surface area contributed by atoms with Gasteiger partial charge in [-0.3, -0.25) is 32.5 Å². The molecule has 3 heterocycles. The second-order valence-corrected chi connectivity index (χ2v) is 21.3. The number of aliphatic hydroxyl groups is 2. The van der Waals surface area contributed by atoms with E-state index < -0.39 is 78.6 Å². The van der Waals surface area contributed by atoms with Gasteiger partial charge in [-0.1, -0.05) is 85.0 Å². The molecular weight excluding hydrogens is 927 g/mol. The molecule has 24 nitrogen and oxygen atoms in total. The van der Waals surface area contributed by atoms with Gasteiger partial charge in [0.1, 0.15) is 42.0 Å². The summed E-state index contributed by atoms with van der Waals surface area (Å²) in [6.45, 7) is 2.89. The molecule has 7 atom stereocenters. The van der Waals surface area contributed by atoms with Gasteiger partial charge < -0.3 is 50.9 Å². The molecular formula is C36H64N7O17P3S. The molecule has 3 rings (SSSR count). The number of nitrogens with zero attached hydrogens (tertiary/aromatic N) is 4. The van der Waals surface area contributed by atoms with Crippen LogP contribution in [0, 0.1) is 5.41 Å². The fourth-order valence-corrected chi connectivity index (χ4v) is 10.0. The number of nitrogens with two attached hydrogens (primary N) is 1. The van der Waals surface area contributed by atoms with Gasteiger partial charge in [0.05, 0.1) is 25.3 Å². The van der Waals surface area contributed by atoms with Gasteiger partial charge in [0.2, 0.25) is 11.8 Å². The van der Waals surface area contributed by atoms with E-state index >= 15 is 0 Å². The summed E-state index contributed by atoms with van der Waals surface area (Å²) in [5.74, 6) is -0.303. The fourth-order valence-electron chi connectivity index (χ4n) is 6.45. The first-order valence-electron chi connectivity index (χ1n) is 21.0. The number of imidazole rings is 1. The summed E-state index contributed by atoms with van der Waals surface area (Å²) >= 11 is 1.43. The lowest BCUT2D eigenvalue weighted by Crippen LogP contribution is -2.46. The predicted molar refractivity (Wildman–Crippen MR) is 233 cm³/mol. The van der Waals surface area contributed by atoms with Gasteiger partial charge in [-0.05, 0) is 6.42 Å². The first-order chi connectivity index (χ1) is 30.1. The molecule has 0 radical (unpaired) electrons. The van der Waals surface area contributed by atoms with Gasteiger partial charge in [-0.15, -0.1) is 0 Å². The van der Waals surface area contributed by atoms with Crippen molar-refractivity contribution in [3.8, 4) is 0 Å². The van der Waals surface area contributed by atoms with Crippen molar-refractivity contribution in [3.63, 3.8) is 0 Å². The van der Waals surface area contributed by atoms with Crippen molar-refractivity contribution in [3.05, 3.63) is 12.7 Å². The summed E-state index contributed by atoms with van der Waals surface area (Å²) < 4.78 is 62.4. The molecule has 0 aliphatic carbocycles. The first kappa shape index (κ1) is 55.9. The average Bonchev–Trinajstić information content (AvgIpc) is 3.77. The van der Waals surface area contributed by atoms with Crippen LogP contribution in [0.5, 0.6) is 0 Å². The van der Waals surface area contributed by atoms with E-state index in [9.17, 15) is 57.9 Å². The molecule has 2 amide bonds. The zero-order valence-electron chi connectivity index (χ0n) is 36.3. The molecule has 10 N–H and O–H groups in total. The van der Waals surface area contributed by atoms with Gasteiger partial charge in [-0.2, -0.15) is 16.1 Å². The number of phosphoric acid groups is 3. The number of amides is 2. The Morgan fingerprint density at radius 3 is 2.17 bits per heavy atom. The maximum absolute atomic E-state index is 12.7. The molecule has 0 bridgehead atoms. The molecule has 1 aliphatic rings. The van der Waals surface area contributed by atoms with Gasteiger partial charge >= 0.3 is 23.5 Å². The minimum Gasteiger partial charge on any atom is -0.386 e. The highest BCUT2D eigenvalue weighted by molar-refractivity contribution is 7.99. The van der Waals surface area contributed by atoms with Gasteiger partial charge in [-0.25, -0.2) is 28.6 Å². The Kier molecular flexibility index (Phi) is 23.4. The number of nitrogens with one attached hydrogen (secondary N) is 2.